The maximum absolute atomic E-state index is 12.7. The Morgan fingerprint density at radius 2 is 1.82 bits per heavy atom. The molecule has 0 atom stereocenters. The van der Waals surface area contributed by atoms with Crippen LogP contribution in [0.2, 0.25) is 0 Å². The molecule has 2 aliphatic rings. The molecule has 22 heavy (non-hydrogen) atoms. The lowest BCUT2D eigenvalue weighted by Gasteiger charge is -2.42. The summed E-state index contributed by atoms with van der Waals surface area (Å²) in [7, 11) is -3.76. The van der Waals surface area contributed by atoms with E-state index in [1.165, 1.54) is 6.07 Å². The monoisotopic (exact) mass is 336 g/mol. The molecule has 8 heteroatoms. The van der Waals surface area contributed by atoms with Gasteiger partial charge in [-0.2, -0.15) is 13.2 Å². The summed E-state index contributed by atoms with van der Waals surface area (Å²) in [5.74, 6) is -1.01. The Labute approximate surface area is 126 Å². The molecular formula is C14H15F3O4S. The van der Waals surface area contributed by atoms with Gasteiger partial charge in [-0.3, -0.25) is 0 Å². The van der Waals surface area contributed by atoms with E-state index in [1.54, 1.807) is 0 Å². The van der Waals surface area contributed by atoms with Gasteiger partial charge in [0.05, 0.1) is 29.4 Å². The first kappa shape index (κ1) is 15.8. The second-order valence-corrected chi connectivity index (χ2v) is 7.72. The minimum Gasteiger partial charge on any atom is -0.348 e. The fraction of sp³-hybridized carbons (Fsp3) is 0.571. The van der Waals surface area contributed by atoms with Gasteiger partial charge in [0.25, 0.3) is 0 Å². The summed E-state index contributed by atoms with van der Waals surface area (Å²) < 4.78 is 73.4. The first-order valence-electron chi connectivity index (χ1n) is 6.88. The van der Waals surface area contributed by atoms with Gasteiger partial charge >= 0.3 is 6.18 Å². The lowest BCUT2D eigenvalue weighted by atomic mass is 9.80. The van der Waals surface area contributed by atoms with Crippen LogP contribution in [0.1, 0.15) is 18.4 Å². The number of hydrogen-bond acceptors (Lipinski definition) is 4. The maximum atomic E-state index is 12.7. The lowest BCUT2D eigenvalue weighted by molar-refractivity contribution is -0.226. The average molecular weight is 336 g/mol. The predicted octanol–water partition coefficient (Wildman–Crippen LogP) is 2.63. The molecule has 1 saturated carbocycles. The van der Waals surface area contributed by atoms with Crippen molar-refractivity contribution in [2.45, 2.75) is 29.7 Å². The van der Waals surface area contributed by atoms with Gasteiger partial charge in [-0.15, -0.1) is 0 Å². The highest BCUT2D eigenvalue weighted by atomic mass is 32.2. The smallest absolute Gasteiger partial charge is 0.348 e. The zero-order valence-corrected chi connectivity index (χ0v) is 12.4. The van der Waals surface area contributed by atoms with Crippen LogP contribution in [-0.4, -0.2) is 33.2 Å². The van der Waals surface area contributed by atoms with E-state index in [0.29, 0.717) is 32.1 Å². The summed E-state index contributed by atoms with van der Waals surface area (Å²) in [6.07, 6.45) is -3.63. The van der Waals surface area contributed by atoms with Crippen molar-refractivity contribution in [3.63, 3.8) is 0 Å². The SMILES string of the molecule is O=S(=O)(CC1CC2(C1)OCCO2)c1cccc(C(F)(F)F)c1. The van der Waals surface area contributed by atoms with Crippen LogP contribution in [-0.2, 0) is 25.5 Å². The summed E-state index contributed by atoms with van der Waals surface area (Å²) in [5.41, 5.74) is -0.957. The molecule has 122 valence electrons. The summed E-state index contributed by atoms with van der Waals surface area (Å²) >= 11 is 0. The molecule has 0 amide bonds. The topological polar surface area (TPSA) is 52.6 Å². The van der Waals surface area contributed by atoms with E-state index in [0.717, 1.165) is 12.1 Å². The molecule has 1 aliphatic carbocycles. The number of sulfone groups is 1. The van der Waals surface area contributed by atoms with Gasteiger partial charge in [0, 0.05) is 12.8 Å². The van der Waals surface area contributed by atoms with E-state index in [9.17, 15) is 21.6 Å². The molecule has 1 heterocycles. The molecule has 1 aromatic carbocycles. The van der Waals surface area contributed by atoms with E-state index in [-0.39, 0.29) is 16.6 Å². The molecule has 1 spiro atoms. The van der Waals surface area contributed by atoms with E-state index in [1.807, 2.05) is 0 Å². The molecular weight excluding hydrogens is 321 g/mol. The summed E-state index contributed by atoms with van der Waals surface area (Å²) in [6.45, 7) is 0.986. The minimum atomic E-state index is -4.56. The second kappa shape index (κ2) is 5.21. The van der Waals surface area contributed by atoms with Gasteiger partial charge in [0.2, 0.25) is 0 Å². The van der Waals surface area contributed by atoms with E-state index >= 15 is 0 Å². The zero-order valence-electron chi connectivity index (χ0n) is 11.6. The molecule has 2 fully saturated rings. The molecule has 1 aromatic rings. The van der Waals surface area contributed by atoms with Crippen molar-refractivity contribution in [1.29, 1.82) is 0 Å². The Morgan fingerprint density at radius 1 is 1.18 bits per heavy atom. The molecule has 1 aliphatic heterocycles. The predicted molar refractivity (Wildman–Crippen MR) is 70.9 cm³/mol. The average Bonchev–Trinajstić information content (AvgIpc) is 2.86. The number of ether oxygens (including phenoxy) is 2. The number of hydrogen-bond donors (Lipinski definition) is 0. The van der Waals surface area contributed by atoms with Crippen LogP contribution in [0.3, 0.4) is 0 Å². The van der Waals surface area contributed by atoms with Crippen LogP contribution in [0.5, 0.6) is 0 Å². The largest absolute Gasteiger partial charge is 0.416 e. The van der Waals surface area contributed by atoms with Gasteiger partial charge < -0.3 is 9.47 Å². The Kier molecular flexibility index (Phi) is 3.73. The van der Waals surface area contributed by atoms with Crippen molar-refractivity contribution in [2.24, 2.45) is 5.92 Å². The van der Waals surface area contributed by atoms with Crippen molar-refractivity contribution in [3.05, 3.63) is 29.8 Å². The highest BCUT2D eigenvalue weighted by molar-refractivity contribution is 7.91. The molecule has 4 nitrogen and oxygen atoms in total. The first-order valence-corrected chi connectivity index (χ1v) is 8.53. The van der Waals surface area contributed by atoms with Gasteiger partial charge in [-0.25, -0.2) is 8.42 Å². The van der Waals surface area contributed by atoms with Crippen LogP contribution in [0.4, 0.5) is 13.2 Å². The van der Waals surface area contributed by atoms with Crippen LogP contribution < -0.4 is 0 Å². The Morgan fingerprint density at radius 3 is 2.41 bits per heavy atom. The van der Waals surface area contributed by atoms with E-state index in [4.69, 9.17) is 9.47 Å². The van der Waals surface area contributed by atoms with Crippen molar-refractivity contribution in [3.8, 4) is 0 Å². The van der Waals surface area contributed by atoms with E-state index < -0.39 is 27.4 Å². The zero-order chi connectivity index (χ0) is 16.0. The molecule has 0 bridgehead atoms. The van der Waals surface area contributed by atoms with E-state index in [2.05, 4.69) is 0 Å². The van der Waals surface area contributed by atoms with Crippen molar-refractivity contribution in [1.82, 2.24) is 0 Å². The summed E-state index contributed by atoms with van der Waals surface area (Å²) in [5, 5.41) is 0. The third-order valence-electron chi connectivity index (χ3n) is 3.99. The number of halogens is 3. The van der Waals surface area contributed by atoms with Gasteiger partial charge in [-0.1, -0.05) is 6.07 Å². The van der Waals surface area contributed by atoms with Gasteiger partial charge in [0.15, 0.2) is 15.6 Å². The van der Waals surface area contributed by atoms with Crippen molar-refractivity contribution in [2.75, 3.05) is 19.0 Å². The Balaban J connectivity index is 1.71. The third kappa shape index (κ3) is 3.00. The number of alkyl halides is 3. The van der Waals surface area contributed by atoms with Crippen molar-refractivity contribution < 1.29 is 31.1 Å². The molecule has 0 aromatic heterocycles. The fourth-order valence-corrected chi connectivity index (χ4v) is 4.58. The Hall–Kier alpha value is -1.12. The van der Waals surface area contributed by atoms with Crippen LogP contribution in [0.15, 0.2) is 29.2 Å². The van der Waals surface area contributed by atoms with Crippen molar-refractivity contribution >= 4 is 9.84 Å². The first-order chi connectivity index (χ1) is 10.2. The van der Waals surface area contributed by atoms with Crippen LogP contribution in [0.25, 0.3) is 0 Å². The summed E-state index contributed by atoms with van der Waals surface area (Å²) in [4.78, 5) is -0.295. The molecule has 1 saturated heterocycles. The quantitative estimate of drug-likeness (QED) is 0.851. The van der Waals surface area contributed by atoms with Crippen LogP contribution in [0, 0.1) is 5.92 Å². The third-order valence-corrected chi connectivity index (χ3v) is 5.87. The molecule has 0 radical (unpaired) electrons. The highest BCUT2D eigenvalue weighted by Gasteiger charge is 2.50. The Bertz CT molecular complexity index is 655. The lowest BCUT2D eigenvalue weighted by Crippen LogP contribution is -2.47. The van der Waals surface area contributed by atoms with Gasteiger partial charge in [0.1, 0.15) is 0 Å². The number of benzene rings is 1. The number of rotatable bonds is 3. The molecule has 0 N–H and O–H groups in total. The second-order valence-electron chi connectivity index (χ2n) is 5.69. The maximum Gasteiger partial charge on any atom is 0.416 e. The summed E-state index contributed by atoms with van der Waals surface area (Å²) in [6, 6.07) is 3.85. The standard InChI is InChI=1S/C14H15F3O4S/c15-14(16,17)11-2-1-3-12(6-11)22(18,19)9-10-7-13(8-10)20-4-5-21-13/h1-3,6,10H,4-5,7-9H2. The fourth-order valence-electron chi connectivity index (χ4n) is 2.94. The normalized spacial score (nSPS) is 22.0. The van der Waals surface area contributed by atoms with Crippen LogP contribution >= 0.6 is 0 Å². The molecule has 3 rings (SSSR count). The van der Waals surface area contributed by atoms with Gasteiger partial charge in [-0.05, 0) is 24.1 Å². The highest BCUT2D eigenvalue weighted by Crippen LogP contribution is 2.45. The minimum absolute atomic E-state index is 0.155. The molecule has 0 unspecified atom stereocenters.